The Kier molecular flexibility index (Phi) is 5.12. The van der Waals surface area contributed by atoms with E-state index in [1.165, 1.54) is 5.56 Å². The van der Waals surface area contributed by atoms with Crippen molar-refractivity contribution < 1.29 is 4.79 Å². The molecule has 4 rings (SSSR count). The Labute approximate surface area is 166 Å². The maximum Gasteiger partial charge on any atom is 0.235 e. The molecule has 0 atom stereocenters. The summed E-state index contributed by atoms with van der Waals surface area (Å²) in [5, 5.41) is 3.22. The van der Waals surface area contributed by atoms with Gasteiger partial charge in [0.15, 0.2) is 0 Å². The fourth-order valence-corrected chi connectivity index (χ4v) is 4.39. The highest BCUT2D eigenvalue weighted by atomic mass is 16.2. The van der Waals surface area contributed by atoms with E-state index in [2.05, 4.69) is 60.4 Å². The van der Waals surface area contributed by atoms with Gasteiger partial charge in [0.1, 0.15) is 5.41 Å². The average Bonchev–Trinajstić information content (AvgIpc) is 3.03. The Bertz CT molecular complexity index is 945. The summed E-state index contributed by atoms with van der Waals surface area (Å²) in [5.41, 5.74) is 5.07. The van der Waals surface area contributed by atoms with Gasteiger partial charge < -0.3 is 5.32 Å². The number of benzene rings is 3. The molecule has 0 spiro atoms. The highest BCUT2D eigenvalue weighted by Crippen LogP contribution is 2.51. The Hall–Kier alpha value is -3.13. The van der Waals surface area contributed by atoms with Crippen molar-refractivity contribution >= 4 is 5.91 Å². The monoisotopic (exact) mass is 367 g/mol. The molecule has 0 aromatic heterocycles. The van der Waals surface area contributed by atoms with E-state index >= 15 is 0 Å². The molecule has 1 amide bonds. The first-order chi connectivity index (χ1) is 13.8. The zero-order chi connectivity index (χ0) is 19.4. The molecule has 2 nitrogen and oxygen atoms in total. The van der Waals surface area contributed by atoms with Crippen LogP contribution in [0.3, 0.4) is 0 Å². The van der Waals surface area contributed by atoms with Crippen LogP contribution in [0.15, 0.2) is 91.5 Å². The average molecular weight is 367 g/mol. The molecule has 1 aliphatic carbocycles. The molecule has 3 aromatic carbocycles. The zero-order valence-electron chi connectivity index (χ0n) is 16.0. The quantitative estimate of drug-likeness (QED) is 0.447. The summed E-state index contributed by atoms with van der Waals surface area (Å²) in [4.78, 5) is 13.5. The number of aryl methyl sites for hydroxylation is 1. The number of fused-ring (bicyclic) bond motifs is 3. The normalized spacial score (nSPS) is 13.4. The van der Waals surface area contributed by atoms with E-state index in [1.54, 1.807) is 0 Å². The number of allylic oxidation sites excluding steroid dienone is 1. The lowest BCUT2D eigenvalue weighted by Crippen LogP contribution is -2.44. The fourth-order valence-electron chi connectivity index (χ4n) is 4.39. The molecule has 0 heterocycles. The molecule has 0 aliphatic heterocycles. The molecule has 0 bridgehead atoms. The lowest BCUT2D eigenvalue weighted by molar-refractivity contribution is -0.125. The van der Waals surface area contributed by atoms with Gasteiger partial charge in [-0.05, 0) is 47.1 Å². The van der Waals surface area contributed by atoms with Crippen molar-refractivity contribution in [2.45, 2.75) is 24.7 Å². The van der Waals surface area contributed by atoms with Crippen LogP contribution in [0, 0.1) is 0 Å². The van der Waals surface area contributed by atoms with E-state index in [1.807, 2.05) is 36.4 Å². The summed E-state index contributed by atoms with van der Waals surface area (Å²) in [6, 6.07) is 26.9. The number of carbonyl (C=O) groups excluding carboxylic acids is 1. The van der Waals surface area contributed by atoms with Crippen LogP contribution in [0.1, 0.15) is 29.5 Å². The predicted molar refractivity (Wildman–Crippen MR) is 115 cm³/mol. The van der Waals surface area contributed by atoms with E-state index < -0.39 is 5.41 Å². The van der Waals surface area contributed by atoms with Crippen molar-refractivity contribution in [3.05, 3.63) is 108 Å². The molecule has 140 valence electrons. The van der Waals surface area contributed by atoms with Gasteiger partial charge in [-0.15, -0.1) is 6.58 Å². The van der Waals surface area contributed by atoms with Gasteiger partial charge in [0.25, 0.3) is 0 Å². The van der Waals surface area contributed by atoms with Crippen LogP contribution >= 0.6 is 0 Å². The van der Waals surface area contributed by atoms with Crippen molar-refractivity contribution in [3.63, 3.8) is 0 Å². The Morgan fingerprint density at radius 2 is 1.43 bits per heavy atom. The SMILES string of the molecule is C=CCC1(C(=O)NCCCc2ccccc2)c2ccccc2-c2ccccc21. The molecule has 0 radical (unpaired) electrons. The molecule has 2 heteroatoms. The smallest absolute Gasteiger partial charge is 0.235 e. The van der Waals surface area contributed by atoms with Crippen LogP contribution in [-0.4, -0.2) is 12.5 Å². The minimum Gasteiger partial charge on any atom is -0.355 e. The van der Waals surface area contributed by atoms with Crippen LogP contribution in [0.4, 0.5) is 0 Å². The second-order valence-corrected chi connectivity index (χ2v) is 7.33. The van der Waals surface area contributed by atoms with E-state index in [9.17, 15) is 4.79 Å². The van der Waals surface area contributed by atoms with E-state index in [4.69, 9.17) is 0 Å². The highest BCUT2D eigenvalue weighted by molar-refractivity contribution is 6.00. The maximum absolute atomic E-state index is 13.5. The van der Waals surface area contributed by atoms with E-state index in [0.717, 1.165) is 35.1 Å². The Morgan fingerprint density at radius 3 is 2.04 bits per heavy atom. The highest BCUT2D eigenvalue weighted by Gasteiger charge is 2.47. The van der Waals surface area contributed by atoms with Gasteiger partial charge in [0.05, 0.1) is 0 Å². The third-order valence-electron chi connectivity index (χ3n) is 5.67. The van der Waals surface area contributed by atoms with Gasteiger partial charge in [-0.3, -0.25) is 4.79 Å². The zero-order valence-corrected chi connectivity index (χ0v) is 16.0. The second kappa shape index (κ2) is 7.85. The van der Waals surface area contributed by atoms with Gasteiger partial charge in [0.2, 0.25) is 5.91 Å². The van der Waals surface area contributed by atoms with Gasteiger partial charge >= 0.3 is 0 Å². The summed E-state index contributed by atoms with van der Waals surface area (Å²) < 4.78 is 0. The van der Waals surface area contributed by atoms with Crippen molar-refractivity contribution in [1.82, 2.24) is 5.32 Å². The van der Waals surface area contributed by atoms with Crippen molar-refractivity contribution in [1.29, 1.82) is 0 Å². The van der Waals surface area contributed by atoms with Crippen molar-refractivity contribution in [2.75, 3.05) is 6.54 Å². The standard InChI is InChI=1S/C26H25NO/c1-2-18-26(25(28)27-19-10-13-20-11-4-3-5-12-20)23-16-8-6-14-21(23)22-15-7-9-17-24(22)26/h2-9,11-12,14-17H,1,10,13,18-19H2,(H,27,28). The molecular formula is C26H25NO. The Balaban J connectivity index is 1.59. The number of carbonyl (C=O) groups is 1. The van der Waals surface area contributed by atoms with Gasteiger partial charge in [-0.1, -0.05) is 84.9 Å². The summed E-state index contributed by atoms with van der Waals surface area (Å²) in [7, 11) is 0. The minimum atomic E-state index is -0.693. The van der Waals surface area contributed by atoms with E-state index in [0.29, 0.717) is 13.0 Å². The number of amides is 1. The molecule has 0 fully saturated rings. The third kappa shape index (κ3) is 3.05. The van der Waals surface area contributed by atoms with Crippen LogP contribution in [0.2, 0.25) is 0 Å². The summed E-state index contributed by atoms with van der Waals surface area (Å²) in [6.45, 7) is 4.62. The summed E-state index contributed by atoms with van der Waals surface area (Å²) >= 11 is 0. The number of rotatable bonds is 7. The number of hydrogen-bond donors (Lipinski definition) is 1. The molecule has 1 N–H and O–H groups in total. The number of nitrogens with one attached hydrogen (secondary N) is 1. The molecule has 0 unspecified atom stereocenters. The molecule has 0 saturated carbocycles. The van der Waals surface area contributed by atoms with Crippen molar-refractivity contribution in [3.8, 4) is 11.1 Å². The van der Waals surface area contributed by atoms with Gasteiger partial charge in [-0.25, -0.2) is 0 Å². The summed E-state index contributed by atoms with van der Waals surface area (Å²) in [5.74, 6) is 0.0675. The molecular weight excluding hydrogens is 342 g/mol. The maximum atomic E-state index is 13.5. The van der Waals surface area contributed by atoms with Crippen LogP contribution in [-0.2, 0) is 16.6 Å². The lowest BCUT2D eigenvalue weighted by atomic mass is 9.74. The topological polar surface area (TPSA) is 29.1 Å². The largest absolute Gasteiger partial charge is 0.355 e. The first-order valence-corrected chi connectivity index (χ1v) is 9.90. The third-order valence-corrected chi connectivity index (χ3v) is 5.67. The van der Waals surface area contributed by atoms with Gasteiger partial charge in [0, 0.05) is 6.54 Å². The predicted octanol–water partition coefficient (Wildman–Crippen LogP) is 5.28. The molecule has 0 saturated heterocycles. The molecule has 1 aliphatic rings. The number of hydrogen-bond acceptors (Lipinski definition) is 1. The van der Waals surface area contributed by atoms with Crippen LogP contribution in [0.25, 0.3) is 11.1 Å². The van der Waals surface area contributed by atoms with Crippen LogP contribution < -0.4 is 5.32 Å². The fraction of sp³-hybridized carbons (Fsp3) is 0.192. The Morgan fingerprint density at radius 1 is 0.857 bits per heavy atom. The first kappa shape index (κ1) is 18.2. The first-order valence-electron chi connectivity index (χ1n) is 9.90. The van der Waals surface area contributed by atoms with Crippen LogP contribution in [0.5, 0.6) is 0 Å². The lowest BCUT2D eigenvalue weighted by Gasteiger charge is -2.29. The second-order valence-electron chi connectivity index (χ2n) is 7.33. The van der Waals surface area contributed by atoms with E-state index in [-0.39, 0.29) is 5.91 Å². The molecule has 28 heavy (non-hydrogen) atoms. The summed E-state index contributed by atoms with van der Waals surface area (Å²) in [6.07, 6.45) is 4.33. The van der Waals surface area contributed by atoms with Gasteiger partial charge in [-0.2, -0.15) is 0 Å². The molecule has 3 aromatic rings. The minimum absolute atomic E-state index is 0.0675. The van der Waals surface area contributed by atoms with Crippen molar-refractivity contribution in [2.24, 2.45) is 0 Å².